The number of carbonyl (C=O) groups is 3. The van der Waals surface area contributed by atoms with E-state index in [1.807, 2.05) is 0 Å². The minimum absolute atomic E-state index is 0.104. The lowest BCUT2D eigenvalue weighted by molar-refractivity contribution is -0.148. The SMILES string of the molecule is CC(C)(C)C(=O)NCCC(=O)NCC1(C(=O)O)CCCC1. The summed E-state index contributed by atoms with van der Waals surface area (Å²) in [5.41, 5.74) is -1.28. The lowest BCUT2D eigenvalue weighted by atomic mass is 9.86. The van der Waals surface area contributed by atoms with Gasteiger partial charge in [-0.15, -0.1) is 0 Å². The quantitative estimate of drug-likeness (QED) is 0.688. The molecule has 1 saturated carbocycles. The number of carbonyl (C=O) groups excluding carboxylic acids is 2. The first-order valence-electron chi connectivity index (χ1n) is 7.46. The summed E-state index contributed by atoms with van der Waals surface area (Å²) in [6, 6.07) is 0. The molecule has 6 heteroatoms. The highest BCUT2D eigenvalue weighted by molar-refractivity contribution is 5.82. The second-order valence-corrected chi connectivity index (χ2v) is 6.83. The lowest BCUT2D eigenvalue weighted by Gasteiger charge is -2.24. The fourth-order valence-corrected chi connectivity index (χ4v) is 2.43. The van der Waals surface area contributed by atoms with Gasteiger partial charge >= 0.3 is 5.97 Å². The largest absolute Gasteiger partial charge is 0.481 e. The van der Waals surface area contributed by atoms with Crippen LogP contribution in [-0.2, 0) is 14.4 Å². The number of carboxylic acids is 1. The van der Waals surface area contributed by atoms with E-state index in [1.165, 1.54) is 0 Å². The summed E-state index contributed by atoms with van der Waals surface area (Å²) in [5.74, 6) is -1.16. The van der Waals surface area contributed by atoms with E-state index >= 15 is 0 Å². The zero-order chi connectivity index (χ0) is 16.1. The Labute approximate surface area is 125 Å². The van der Waals surface area contributed by atoms with Crippen LogP contribution in [0.15, 0.2) is 0 Å². The summed E-state index contributed by atoms with van der Waals surface area (Å²) in [6.45, 7) is 5.85. The van der Waals surface area contributed by atoms with Gasteiger partial charge in [-0.05, 0) is 12.8 Å². The van der Waals surface area contributed by atoms with E-state index in [0.717, 1.165) is 12.8 Å². The van der Waals surface area contributed by atoms with Crippen molar-refractivity contribution in [1.82, 2.24) is 10.6 Å². The molecule has 0 atom stereocenters. The van der Waals surface area contributed by atoms with E-state index in [-0.39, 0.29) is 31.3 Å². The van der Waals surface area contributed by atoms with Gasteiger partial charge in [0, 0.05) is 24.9 Å². The van der Waals surface area contributed by atoms with Crippen molar-refractivity contribution in [2.45, 2.75) is 52.9 Å². The predicted octanol–water partition coefficient (Wildman–Crippen LogP) is 1.30. The van der Waals surface area contributed by atoms with Gasteiger partial charge < -0.3 is 15.7 Å². The summed E-state index contributed by atoms with van der Waals surface area (Å²) in [6.07, 6.45) is 3.18. The Morgan fingerprint density at radius 2 is 1.67 bits per heavy atom. The minimum atomic E-state index is -0.832. The van der Waals surface area contributed by atoms with Crippen LogP contribution in [0.4, 0.5) is 0 Å². The molecule has 0 saturated heterocycles. The molecule has 0 heterocycles. The molecule has 1 aliphatic carbocycles. The normalized spacial score (nSPS) is 17.3. The van der Waals surface area contributed by atoms with Crippen molar-refractivity contribution in [3.8, 4) is 0 Å². The molecule has 0 aromatic rings. The molecular formula is C15H26N2O4. The third-order valence-electron chi connectivity index (χ3n) is 3.96. The van der Waals surface area contributed by atoms with E-state index < -0.39 is 16.8 Å². The molecule has 0 bridgehead atoms. The molecule has 2 amide bonds. The van der Waals surface area contributed by atoms with Gasteiger partial charge in [0.15, 0.2) is 0 Å². The number of amides is 2. The summed E-state index contributed by atoms with van der Waals surface area (Å²) >= 11 is 0. The van der Waals surface area contributed by atoms with Crippen LogP contribution in [0.5, 0.6) is 0 Å². The van der Waals surface area contributed by atoms with Gasteiger partial charge in [0.25, 0.3) is 0 Å². The number of hydrogen-bond acceptors (Lipinski definition) is 3. The molecule has 0 aromatic carbocycles. The molecule has 1 rings (SSSR count). The number of nitrogens with one attached hydrogen (secondary N) is 2. The molecule has 1 fully saturated rings. The Morgan fingerprint density at radius 1 is 1.10 bits per heavy atom. The highest BCUT2D eigenvalue weighted by Crippen LogP contribution is 2.37. The van der Waals surface area contributed by atoms with E-state index in [0.29, 0.717) is 12.8 Å². The average molecular weight is 298 g/mol. The highest BCUT2D eigenvalue weighted by Gasteiger charge is 2.41. The van der Waals surface area contributed by atoms with Crippen molar-refractivity contribution < 1.29 is 19.5 Å². The first-order chi connectivity index (χ1) is 9.67. The van der Waals surface area contributed by atoms with Gasteiger partial charge in [0.2, 0.25) is 11.8 Å². The zero-order valence-electron chi connectivity index (χ0n) is 13.1. The topological polar surface area (TPSA) is 95.5 Å². The van der Waals surface area contributed by atoms with Gasteiger partial charge in [0.1, 0.15) is 0 Å². The molecular weight excluding hydrogens is 272 g/mol. The van der Waals surface area contributed by atoms with Gasteiger partial charge in [-0.25, -0.2) is 0 Å². The molecule has 3 N–H and O–H groups in total. The molecule has 21 heavy (non-hydrogen) atoms. The van der Waals surface area contributed by atoms with Gasteiger partial charge in [-0.2, -0.15) is 0 Å². The first kappa shape index (κ1) is 17.5. The van der Waals surface area contributed by atoms with Crippen molar-refractivity contribution in [3.05, 3.63) is 0 Å². The van der Waals surface area contributed by atoms with E-state index in [2.05, 4.69) is 10.6 Å². The standard InChI is InChI=1S/C15H26N2O4/c1-14(2,3)12(19)16-9-6-11(18)17-10-15(13(20)21)7-4-5-8-15/h4-10H2,1-3H3,(H,16,19)(H,17,18)(H,20,21). The summed E-state index contributed by atoms with van der Waals surface area (Å²) in [5, 5.41) is 14.7. The Bertz CT molecular complexity index is 406. The first-order valence-corrected chi connectivity index (χ1v) is 7.46. The number of hydrogen-bond donors (Lipinski definition) is 3. The van der Waals surface area contributed by atoms with Crippen molar-refractivity contribution in [3.63, 3.8) is 0 Å². The van der Waals surface area contributed by atoms with E-state index in [4.69, 9.17) is 0 Å². The van der Waals surface area contributed by atoms with Gasteiger partial charge in [-0.1, -0.05) is 33.6 Å². The zero-order valence-corrected chi connectivity index (χ0v) is 13.1. The highest BCUT2D eigenvalue weighted by atomic mass is 16.4. The van der Waals surface area contributed by atoms with Crippen molar-refractivity contribution in [1.29, 1.82) is 0 Å². The van der Waals surface area contributed by atoms with E-state index in [1.54, 1.807) is 20.8 Å². The van der Waals surface area contributed by atoms with Crippen LogP contribution in [0.3, 0.4) is 0 Å². The summed E-state index contributed by atoms with van der Waals surface area (Å²) in [7, 11) is 0. The second-order valence-electron chi connectivity index (χ2n) is 6.83. The molecule has 120 valence electrons. The molecule has 0 spiro atoms. The van der Waals surface area contributed by atoms with Crippen molar-refractivity contribution in [2.24, 2.45) is 10.8 Å². The lowest BCUT2D eigenvalue weighted by Crippen LogP contribution is -2.42. The Hall–Kier alpha value is -1.59. The van der Waals surface area contributed by atoms with Crippen LogP contribution in [-0.4, -0.2) is 36.0 Å². The second kappa shape index (κ2) is 6.91. The van der Waals surface area contributed by atoms with Gasteiger partial charge in [-0.3, -0.25) is 14.4 Å². The Balaban J connectivity index is 2.31. The van der Waals surface area contributed by atoms with Crippen molar-refractivity contribution in [2.75, 3.05) is 13.1 Å². The maximum absolute atomic E-state index is 11.7. The van der Waals surface area contributed by atoms with Crippen LogP contribution < -0.4 is 10.6 Å². The molecule has 0 aromatic heterocycles. The molecule has 0 aliphatic heterocycles. The maximum atomic E-state index is 11.7. The molecule has 6 nitrogen and oxygen atoms in total. The van der Waals surface area contributed by atoms with Crippen LogP contribution in [0.2, 0.25) is 0 Å². The summed E-state index contributed by atoms with van der Waals surface area (Å²) in [4.78, 5) is 34.7. The number of rotatable bonds is 6. The van der Waals surface area contributed by atoms with Crippen molar-refractivity contribution >= 4 is 17.8 Å². The van der Waals surface area contributed by atoms with Crippen LogP contribution >= 0.6 is 0 Å². The third kappa shape index (κ3) is 5.02. The minimum Gasteiger partial charge on any atom is -0.481 e. The Kier molecular flexibility index (Phi) is 5.75. The fourth-order valence-electron chi connectivity index (χ4n) is 2.43. The fraction of sp³-hybridized carbons (Fsp3) is 0.800. The van der Waals surface area contributed by atoms with Crippen LogP contribution in [0.25, 0.3) is 0 Å². The smallest absolute Gasteiger partial charge is 0.311 e. The molecule has 1 aliphatic rings. The summed E-state index contributed by atoms with van der Waals surface area (Å²) < 4.78 is 0. The molecule has 0 radical (unpaired) electrons. The van der Waals surface area contributed by atoms with Crippen LogP contribution in [0.1, 0.15) is 52.9 Å². The average Bonchev–Trinajstić information content (AvgIpc) is 2.85. The maximum Gasteiger partial charge on any atom is 0.311 e. The Morgan fingerprint density at radius 3 is 2.14 bits per heavy atom. The number of aliphatic carboxylic acids is 1. The third-order valence-corrected chi connectivity index (χ3v) is 3.96. The molecule has 0 unspecified atom stereocenters. The van der Waals surface area contributed by atoms with Gasteiger partial charge in [0.05, 0.1) is 5.41 Å². The van der Waals surface area contributed by atoms with Crippen LogP contribution in [0, 0.1) is 10.8 Å². The number of carboxylic acid groups (broad SMARTS) is 1. The predicted molar refractivity (Wildman–Crippen MR) is 78.6 cm³/mol. The van der Waals surface area contributed by atoms with E-state index in [9.17, 15) is 19.5 Å². The monoisotopic (exact) mass is 298 g/mol.